The Hall–Kier alpha value is -1.34. The van der Waals surface area contributed by atoms with Crippen LogP contribution in [0.2, 0.25) is 15.1 Å². The van der Waals surface area contributed by atoms with Crippen molar-refractivity contribution in [3.05, 3.63) is 51.0 Å². The molecule has 2 rings (SSSR count). The molecule has 0 atom stereocenters. The summed E-state index contributed by atoms with van der Waals surface area (Å²) in [4.78, 5) is 3.61. The highest BCUT2D eigenvalue weighted by Crippen LogP contribution is 2.36. The van der Waals surface area contributed by atoms with Crippen LogP contribution in [-0.4, -0.2) is 4.98 Å². The van der Waals surface area contributed by atoms with Gasteiger partial charge in [-0.15, -0.1) is 0 Å². The number of rotatable bonds is 2. The Bertz CT molecular complexity index is 680. The predicted molar refractivity (Wildman–Crippen MR) is 74.0 cm³/mol. The lowest BCUT2D eigenvalue weighted by Gasteiger charge is -2.08. The molecule has 2 aromatic rings. The molecule has 0 N–H and O–H groups in total. The summed E-state index contributed by atoms with van der Waals surface area (Å²) in [6.45, 7) is 0. The van der Waals surface area contributed by atoms with Gasteiger partial charge in [0.2, 0.25) is 5.95 Å². The third kappa shape index (κ3) is 2.98. The van der Waals surface area contributed by atoms with Crippen LogP contribution < -0.4 is 0 Å². The first-order valence-corrected chi connectivity index (χ1v) is 6.32. The topological polar surface area (TPSA) is 36.7 Å². The predicted octanol–water partition coefficient (Wildman–Crippen LogP) is 4.91. The lowest BCUT2D eigenvalue weighted by molar-refractivity contribution is 0.586. The van der Waals surface area contributed by atoms with Gasteiger partial charge in [0.25, 0.3) is 0 Å². The second-order valence-corrected chi connectivity index (χ2v) is 4.98. The molecule has 0 fully saturated rings. The van der Waals surface area contributed by atoms with E-state index in [0.717, 1.165) is 0 Å². The molecule has 1 heterocycles. The molecule has 0 aliphatic rings. The zero-order valence-corrected chi connectivity index (χ0v) is 11.7. The van der Waals surface area contributed by atoms with Gasteiger partial charge in [0.1, 0.15) is 0 Å². The van der Waals surface area contributed by atoms with Crippen molar-refractivity contribution >= 4 is 34.8 Å². The molecule has 1 aromatic heterocycles. The van der Waals surface area contributed by atoms with Gasteiger partial charge in [-0.05, 0) is 23.8 Å². The molecule has 0 amide bonds. The molecule has 96 valence electrons. The van der Waals surface area contributed by atoms with Crippen LogP contribution in [-0.2, 0) is 6.42 Å². The minimum absolute atomic E-state index is 0.138. The van der Waals surface area contributed by atoms with E-state index in [-0.39, 0.29) is 27.1 Å². The van der Waals surface area contributed by atoms with Gasteiger partial charge in [0, 0.05) is 17.3 Å². The summed E-state index contributed by atoms with van der Waals surface area (Å²) in [5.41, 5.74) is 1.18. The van der Waals surface area contributed by atoms with E-state index in [1.165, 1.54) is 24.4 Å². The Balaban J connectivity index is 2.61. The summed E-state index contributed by atoms with van der Waals surface area (Å²) in [7, 11) is 0. The van der Waals surface area contributed by atoms with Crippen molar-refractivity contribution in [2.45, 2.75) is 6.42 Å². The van der Waals surface area contributed by atoms with Gasteiger partial charge >= 0.3 is 0 Å². The molecule has 6 heteroatoms. The van der Waals surface area contributed by atoms with Gasteiger partial charge in [-0.3, -0.25) is 0 Å². The summed E-state index contributed by atoms with van der Waals surface area (Å²) in [5.74, 6) is -0.679. The highest BCUT2D eigenvalue weighted by atomic mass is 35.5. The lowest BCUT2D eigenvalue weighted by atomic mass is 10.0. The lowest BCUT2D eigenvalue weighted by Crippen LogP contribution is -1.94. The number of benzene rings is 1. The Morgan fingerprint density at radius 3 is 2.42 bits per heavy atom. The number of halogens is 4. The van der Waals surface area contributed by atoms with Gasteiger partial charge in [0.05, 0.1) is 27.6 Å². The van der Waals surface area contributed by atoms with Gasteiger partial charge in [-0.2, -0.15) is 9.65 Å². The van der Waals surface area contributed by atoms with E-state index in [4.69, 9.17) is 40.1 Å². The fourth-order valence-corrected chi connectivity index (χ4v) is 2.25. The quantitative estimate of drug-likeness (QED) is 0.583. The van der Waals surface area contributed by atoms with Gasteiger partial charge in [-0.25, -0.2) is 4.98 Å². The van der Waals surface area contributed by atoms with E-state index in [9.17, 15) is 4.39 Å². The molecule has 0 aliphatic heterocycles. The maximum atomic E-state index is 13.8. The molecule has 0 bridgehead atoms. The van der Waals surface area contributed by atoms with Crippen molar-refractivity contribution in [3.8, 4) is 17.2 Å². The number of aromatic nitrogens is 1. The molecular formula is C13H6Cl3FN2. The van der Waals surface area contributed by atoms with Crippen molar-refractivity contribution in [2.75, 3.05) is 0 Å². The highest BCUT2D eigenvalue weighted by molar-refractivity contribution is 6.44. The third-order valence-corrected chi connectivity index (χ3v) is 3.51. The second-order valence-electron chi connectivity index (χ2n) is 3.76. The van der Waals surface area contributed by atoms with Crippen LogP contribution in [0.3, 0.4) is 0 Å². The molecule has 0 spiro atoms. The van der Waals surface area contributed by atoms with Crippen molar-refractivity contribution in [2.24, 2.45) is 0 Å². The molecule has 0 aliphatic carbocycles. The van der Waals surface area contributed by atoms with Crippen LogP contribution in [0, 0.1) is 17.3 Å². The Labute approximate surface area is 124 Å². The molecular weight excluding hydrogens is 310 g/mol. The summed E-state index contributed by atoms with van der Waals surface area (Å²) < 4.78 is 13.8. The first kappa shape index (κ1) is 14.1. The van der Waals surface area contributed by atoms with Crippen LogP contribution in [0.25, 0.3) is 11.1 Å². The molecule has 0 saturated carbocycles. The van der Waals surface area contributed by atoms with E-state index in [1.54, 1.807) is 0 Å². The van der Waals surface area contributed by atoms with Gasteiger partial charge in [-0.1, -0.05) is 34.8 Å². The van der Waals surface area contributed by atoms with Crippen LogP contribution in [0.4, 0.5) is 4.39 Å². The number of nitriles is 1. The first-order valence-electron chi connectivity index (χ1n) is 5.19. The van der Waals surface area contributed by atoms with E-state index < -0.39 is 5.95 Å². The Kier molecular flexibility index (Phi) is 4.26. The fraction of sp³-hybridized carbons (Fsp3) is 0.0769. The summed E-state index contributed by atoms with van der Waals surface area (Å²) in [6, 6.07) is 6.42. The Morgan fingerprint density at radius 1 is 1.05 bits per heavy atom. The minimum atomic E-state index is -0.679. The number of hydrogen-bond donors (Lipinski definition) is 0. The molecule has 19 heavy (non-hydrogen) atoms. The Morgan fingerprint density at radius 2 is 1.74 bits per heavy atom. The zero-order chi connectivity index (χ0) is 14.0. The van der Waals surface area contributed by atoms with Crippen molar-refractivity contribution in [3.63, 3.8) is 0 Å². The fourth-order valence-electron chi connectivity index (χ4n) is 1.60. The SMILES string of the molecule is N#CCc1cnc(F)c(-c2cc(Cl)c(Cl)cc2Cl)c1. The second kappa shape index (κ2) is 5.75. The molecule has 0 saturated heterocycles. The molecule has 2 nitrogen and oxygen atoms in total. The van der Waals surface area contributed by atoms with E-state index in [0.29, 0.717) is 11.1 Å². The summed E-state index contributed by atoms with van der Waals surface area (Å²) >= 11 is 17.8. The molecule has 1 aromatic carbocycles. The third-order valence-electron chi connectivity index (χ3n) is 2.48. The summed E-state index contributed by atoms with van der Waals surface area (Å²) in [5, 5.41) is 9.48. The van der Waals surface area contributed by atoms with Gasteiger partial charge in [0.15, 0.2) is 0 Å². The average molecular weight is 316 g/mol. The average Bonchev–Trinajstić information content (AvgIpc) is 2.37. The number of hydrogen-bond acceptors (Lipinski definition) is 2. The minimum Gasteiger partial charge on any atom is -0.227 e. The van der Waals surface area contributed by atoms with Gasteiger partial charge < -0.3 is 0 Å². The van der Waals surface area contributed by atoms with Crippen LogP contribution in [0.1, 0.15) is 5.56 Å². The van der Waals surface area contributed by atoms with Crippen molar-refractivity contribution < 1.29 is 4.39 Å². The normalized spacial score (nSPS) is 10.3. The standard InChI is InChI=1S/C13H6Cl3FN2/c14-10-5-12(16)11(15)4-8(10)9-3-7(1-2-18)6-19-13(9)17/h3-6H,1H2. The molecule has 0 radical (unpaired) electrons. The zero-order valence-electron chi connectivity index (χ0n) is 9.42. The summed E-state index contributed by atoms with van der Waals surface area (Å²) in [6.07, 6.45) is 1.45. The molecule has 0 unspecified atom stereocenters. The van der Waals surface area contributed by atoms with E-state index in [1.807, 2.05) is 6.07 Å². The van der Waals surface area contributed by atoms with Crippen LogP contribution in [0.15, 0.2) is 24.4 Å². The first-order chi connectivity index (χ1) is 9.02. The highest BCUT2D eigenvalue weighted by Gasteiger charge is 2.13. The van der Waals surface area contributed by atoms with Crippen molar-refractivity contribution in [1.82, 2.24) is 4.98 Å². The smallest absolute Gasteiger partial charge is 0.220 e. The number of pyridine rings is 1. The largest absolute Gasteiger partial charge is 0.227 e. The van der Waals surface area contributed by atoms with Crippen LogP contribution in [0.5, 0.6) is 0 Å². The van der Waals surface area contributed by atoms with E-state index in [2.05, 4.69) is 4.98 Å². The van der Waals surface area contributed by atoms with E-state index >= 15 is 0 Å². The van der Waals surface area contributed by atoms with Crippen molar-refractivity contribution in [1.29, 1.82) is 5.26 Å². The van der Waals surface area contributed by atoms with Crippen LogP contribution >= 0.6 is 34.8 Å². The maximum absolute atomic E-state index is 13.8. The maximum Gasteiger partial charge on any atom is 0.220 e. The number of nitrogens with zero attached hydrogens (tertiary/aromatic N) is 2. The monoisotopic (exact) mass is 314 g/mol.